The van der Waals surface area contributed by atoms with Crippen molar-refractivity contribution < 1.29 is 43.6 Å². The highest BCUT2D eigenvalue weighted by Gasteiger charge is 2.28. The van der Waals surface area contributed by atoms with E-state index in [1.165, 1.54) is 18.3 Å². The number of aliphatic hydroxyl groups is 1. The lowest BCUT2D eigenvalue weighted by Gasteiger charge is -2.24. The number of aromatic hydroxyl groups is 1. The summed E-state index contributed by atoms with van der Waals surface area (Å²) < 4.78 is 16.5. The monoisotopic (exact) mass is 663 g/mol. The number of amides is 4. The summed E-state index contributed by atoms with van der Waals surface area (Å²) in [6.45, 7) is 6.04. The Kier molecular flexibility index (Phi) is 13.7. The molecule has 14 heteroatoms. The van der Waals surface area contributed by atoms with Crippen molar-refractivity contribution in [3.05, 3.63) is 83.9 Å². The SMILES string of the molecule is CCOc1cc(/C=N\NC(=O)[C@H](Cc2ccc(O)cc2)NC(=O)[C@H](CO)NC(=O)OC(C)(C)C)ccc1OCC(=O)Nc1ccccc1. The van der Waals surface area contributed by atoms with E-state index in [1.54, 1.807) is 82.3 Å². The summed E-state index contributed by atoms with van der Waals surface area (Å²) in [6.07, 6.45) is 0.432. The number of aliphatic hydroxyl groups excluding tert-OH is 1. The van der Waals surface area contributed by atoms with Crippen molar-refractivity contribution in [1.82, 2.24) is 16.1 Å². The van der Waals surface area contributed by atoms with Crippen molar-refractivity contribution in [2.45, 2.75) is 51.8 Å². The molecule has 0 unspecified atom stereocenters. The van der Waals surface area contributed by atoms with E-state index in [9.17, 15) is 29.4 Å². The molecule has 3 aromatic rings. The van der Waals surface area contributed by atoms with E-state index >= 15 is 0 Å². The van der Waals surface area contributed by atoms with Crippen LogP contribution in [-0.4, -0.2) is 77.7 Å². The Morgan fingerprint density at radius 3 is 2.23 bits per heavy atom. The van der Waals surface area contributed by atoms with Crippen LogP contribution in [0.4, 0.5) is 10.5 Å². The minimum absolute atomic E-state index is 0.00364. The minimum Gasteiger partial charge on any atom is -0.508 e. The van der Waals surface area contributed by atoms with Crippen LogP contribution in [0.25, 0.3) is 0 Å². The van der Waals surface area contributed by atoms with Crippen LogP contribution in [0.3, 0.4) is 0 Å². The molecule has 0 aliphatic rings. The standard InChI is InChI=1S/C34H41N5O9/c1-5-46-29-18-23(13-16-28(29)47-21-30(42)36-24-9-7-6-8-10-24)19-35-39-32(44)26(17-22-11-14-25(41)15-12-22)37-31(43)27(20-40)38-33(45)48-34(2,3)4/h6-16,18-19,26-27,40-41H,5,17,20-21H2,1-4H3,(H,36,42)(H,37,43)(H,38,45)(H,39,44)/b35-19-/t26-,27-/m0/s1. The van der Waals surface area contributed by atoms with E-state index in [-0.39, 0.29) is 24.7 Å². The summed E-state index contributed by atoms with van der Waals surface area (Å²) >= 11 is 0. The number of hydrazone groups is 1. The first-order valence-corrected chi connectivity index (χ1v) is 15.1. The number of phenolic OH excluding ortho intramolecular Hbond substituents is 1. The largest absolute Gasteiger partial charge is 0.508 e. The second kappa shape index (κ2) is 17.9. The topological polar surface area (TPSA) is 197 Å². The third-order valence-electron chi connectivity index (χ3n) is 6.27. The smallest absolute Gasteiger partial charge is 0.408 e. The Morgan fingerprint density at radius 1 is 0.875 bits per heavy atom. The van der Waals surface area contributed by atoms with Gasteiger partial charge < -0.3 is 40.4 Å². The normalized spacial score (nSPS) is 12.4. The third-order valence-corrected chi connectivity index (χ3v) is 6.27. The molecule has 0 saturated carbocycles. The Labute approximate surface area is 278 Å². The first kappa shape index (κ1) is 36.8. The van der Waals surface area contributed by atoms with Gasteiger partial charge in [-0.2, -0.15) is 5.10 Å². The molecule has 256 valence electrons. The second-order valence-electron chi connectivity index (χ2n) is 11.4. The van der Waals surface area contributed by atoms with Crippen molar-refractivity contribution in [2.24, 2.45) is 5.10 Å². The zero-order chi connectivity index (χ0) is 35.1. The van der Waals surface area contributed by atoms with Gasteiger partial charge in [-0.1, -0.05) is 30.3 Å². The number of ether oxygens (including phenoxy) is 3. The van der Waals surface area contributed by atoms with Gasteiger partial charge in [0.05, 0.1) is 19.4 Å². The highest BCUT2D eigenvalue weighted by atomic mass is 16.6. The fourth-order valence-corrected chi connectivity index (χ4v) is 4.10. The summed E-state index contributed by atoms with van der Waals surface area (Å²) in [7, 11) is 0. The molecule has 3 aromatic carbocycles. The molecule has 0 radical (unpaired) electrons. The molecular weight excluding hydrogens is 622 g/mol. The number of anilines is 1. The van der Waals surface area contributed by atoms with Crippen molar-refractivity contribution in [2.75, 3.05) is 25.1 Å². The molecule has 4 amide bonds. The number of carbonyl (C=O) groups excluding carboxylic acids is 4. The summed E-state index contributed by atoms with van der Waals surface area (Å²) in [5.41, 5.74) is 3.33. The van der Waals surface area contributed by atoms with Crippen LogP contribution >= 0.6 is 0 Å². The molecule has 14 nitrogen and oxygen atoms in total. The fraction of sp³-hybridized carbons (Fsp3) is 0.324. The van der Waals surface area contributed by atoms with E-state index < -0.39 is 42.2 Å². The van der Waals surface area contributed by atoms with Crippen LogP contribution < -0.4 is 30.8 Å². The van der Waals surface area contributed by atoms with Crippen molar-refractivity contribution in [1.29, 1.82) is 0 Å². The van der Waals surface area contributed by atoms with Gasteiger partial charge in [-0.15, -0.1) is 0 Å². The first-order chi connectivity index (χ1) is 22.9. The van der Waals surface area contributed by atoms with Crippen molar-refractivity contribution in [3.8, 4) is 17.2 Å². The highest BCUT2D eigenvalue weighted by molar-refractivity contribution is 5.93. The fourth-order valence-electron chi connectivity index (χ4n) is 4.10. The van der Waals surface area contributed by atoms with Crippen molar-refractivity contribution in [3.63, 3.8) is 0 Å². The first-order valence-electron chi connectivity index (χ1n) is 15.1. The molecule has 48 heavy (non-hydrogen) atoms. The molecule has 0 heterocycles. The molecule has 0 aromatic heterocycles. The Hall–Kier alpha value is -5.63. The Morgan fingerprint density at radius 2 is 1.58 bits per heavy atom. The van der Waals surface area contributed by atoms with Crippen LogP contribution in [0, 0.1) is 0 Å². The summed E-state index contributed by atoms with van der Waals surface area (Å²) in [5, 5.41) is 31.0. The highest BCUT2D eigenvalue weighted by Crippen LogP contribution is 2.28. The molecule has 3 rings (SSSR count). The molecule has 0 bridgehead atoms. The summed E-state index contributed by atoms with van der Waals surface area (Å²) in [5.74, 6) is -1.18. The lowest BCUT2D eigenvalue weighted by Crippen LogP contribution is -2.55. The summed E-state index contributed by atoms with van der Waals surface area (Å²) in [4.78, 5) is 50.7. The van der Waals surface area contributed by atoms with Crippen molar-refractivity contribution >= 4 is 35.7 Å². The van der Waals surface area contributed by atoms with Gasteiger partial charge in [0, 0.05) is 12.1 Å². The molecule has 0 spiro atoms. The average Bonchev–Trinajstić information content (AvgIpc) is 3.03. The predicted octanol–water partition coefficient (Wildman–Crippen LogP) is 2.87. The van der Waals surface area contributed by atoms with Gasteiger partial charge >= 0.3 is 6.09 Å². The van der Waals surface area contributed by atoms with Gasteiger partial charge in [0.25, 0.3) is 11.8 Å². The number of rotatable bonds is 15. The zero-order valence-corrected chi connectivity index (χ0v) is 27.2. The number of alkyl carbamates (subject to hydrolysis) is 1. The van der Waals surface area contributed by atoms with E-state index in [1.807, 2.05) is 6.07 Å². The Bertz CT molecular complexity index is 1560. The Balaban J connectivity index is 1.68. The summed E-state index contributed by atoms with van der Waals surface area (Å²) in [6, 6.07) is 17.3. The van der Waals surface area contributed by atoms with Crippen LogP contribution in [0.15, 0.2) is 77.9 Å². The molecular formula is C34H41N5O9. The minimum atomic E-state index is -1.40. The number of nitrogens with one attached hydrogen (secondary N) is 4. The van der Waals surface area contributed by atoms with Crippen LogP contribution in [0.1, 0.15) is 38.8 Å². The maximum Gasteiger partial charge on any atom is 0.408 e. The quantitative estimate of drug-likeness (QED) is 0.105. The average molecular weight is 664 g/mol. The zero-order valence-electron chi connectivity index (χ0n) is 27.2. The number of nitrogens with zero attached hydrogens (tertiary/aromatic N) is 1. The second-order valence-corrected chi connectivity index (χ2v) is 11.4. The number of hydrogen-bond acceptors (Lipinski definition) is 10. The van der Waals surface area contributed by atoms with Gasteiger partial charge in [0.15, 0.2) is 18.1 Å². The molecule has 0 aliphatic carbocycles. The molecule has 0 saturated heterocycles. The maximum atomic E-state index is 13.2. The lowest BCUT2D eigenvalue weighted by atomic mass is 10.0. The van der Waals surface area contributed by atoms with Gasteiger partial charge in [0.1, 0.15) is 23.4 Å². The van der Waals surface area contributed by atoms with E-state index in [2.05, 4.69) is 26.5 Å². The van der Waals surface area contributed by atoms with Crippen LogP contribution in [0.2, 0.25) is 0 Å². The van der Waals surface area contributed by atoms with E-state index in [0.717, 1.165) is 0 Å². The van der Waals surface area contributed by atoms with Crippen LogP contribution in [0.5, 0.6) is 17.2 Å². The predicted molar refractivity (Wildman–Crippen MR) is 178 cm³/mol. The molecule has 6 N–H and O–H groups in total. The van der Waals surface area contributed by atoms with Gasteiger partial charge in [-0.3, -0.25) is 14.4 Å². The lowest BCUT2D eigenvalue weighted by molar-refractivity contribution is -0.130. The maximum absolute atomic E-state index is 13.2. The molecule has 0 aliphatic heterocycles. The number of para-hydroxylation sites is 1. The number of phenols is 1. The third kappa shape index (κ3) is 12.6. The number of hydrogen-bond donors (Lipinski definition) is 6. The van der Waals surface area contributed by atoms with E-state index in [0.29, 0.717) is 34.9 Å². The van der Waals surface area contributed by atoms with Crippen LogP contribution in [-0.2, 0) is 25.5 Å². The van der Waals surface area contributed by atoms with Gasteiger partial charge in [-0.05, 0) is 81.3 Å². The number of benzene rings is 3. The molecule has 2 atom stereocenters. The molecule has 0 fully saturated rings. The van der Waals surface area contributed by atoms with E-state index in [4.69, 9.17) is 14.2 Å². The van der Waals surface area contributed by atoms with Gasteiger partial charge in [0.2, 0.25) is 5.91 Å². The van der Waals surface area contributed by atoms with Gasteiger partial charge in [-0.25, -0.2) is 10.2 Å². The number of carbonyl (C=O) groups is 4.